The minimum atomic E-state index is -1.67. The summed E-state index contributed by atoms with van der Waals surface area (Å²) in [7, 11) is 0. The van der Waals surface area contributed by atoms with Crippen LogP contribution in [0.5, 0.6) is 0 Å². The molecule has 0 bridgehead atoms. The Balaban J connectivity index is 2.35. The number of hydrogen-bond acceptors (Lipinski definition) is 1. The third-order valence-corrected chi connectivity index (χ3v) is 3.88. The van der Waals surface area contributed by atoms with E-state index in [2.05, 4.69) is 20.8 Å². The average Bonchev–Trinajstić information content (AvgIpc) is 2.17. The lowest BCUT2D eigenvalue weighted by Gasteiger charge is -2.37. The van der Waals surface area contributed by atoms with E-state index in [0.717, 1.165) is 25.7 Å². The van der Waals surface area contributed by atoms with Gasteiger partial charge in [0.2, 0.25) is 0 Å². The van der Waals surface area contributed by atoms with Crippen molar-refractivity contribution in [3.8, 4) is 0 Å². The fraction of sp³-hybridized carbons (Fsp3) is 0.923. The molecule has 1 fully saturated rings. The van der Waals surface area contributed by atoms with E-state index in [1.807, 2.05) is 0 Å². The molecule has 0 heterocycles. The molecular formula is C13H23FO2. The maximum Gasteiger partial charge on any atom is 0.338 e. The third kappa shape index (κ3) is 3.76. The number of carboxylic acid groups (broad SMARTS) is 1. The smallest absolute Gasteiger partial charge is 0.338 e. The molecule has 0 saturated heterocycles. The Hall–Kier alpha value is -0.600. The van der Waals surface area contributed by atoms with Gasteiger partial charge in [-0.15, -0.1) is 0 Å². The van der Waals surface area contributed by atoms with Crippen LogP contribution < -0.4 is 0 Å². The lowest BCUT2D eigenvalue weighted by molar-refractivity contribution is -0.143. The summed E-state index contributed by atoms with van der Waals surface area (Å²) in [4.78, 5) is 10.4. The van der Waals surface area contributed by atoms with E-state index in [4.69, 9.17) is 5.11 Å². The lowest BCUT2D eigenvalue weighted by Crippen LogP contribution is -2.28. The maximum absolute atomic E-state index is 13.0. The molecule has 1 N–H and O–H groups in total. The minimum absolute atomic E-state index is 0.201. The van der Waals surface area contributed by atoms with Gasteiger partial charge in [-0.25, -0.2) is 9.18 Å². The second-order valence-corrected chi connectivity index (χ2v) is 6.13. The summed E-state index contributed by atoms with van der Waals surface area (Å²) >= 11 is 0. The van der Waals surface area contributed by atoms with Gasteiger partial charge in [0, 0.05) is 0 Å². The summed E-state index contributed by atoms with van der Waals surface area (Å²) in [6.45, 7) is 6.73. The molecule has 1 rings (SSSR count). The van der Waals surface area contributed by atoms with Crippen molar-refractivity contribution in [2.45, 2.75) is 59.0 Å². The molecule has 0 aromatic heterocycles. The van der Waals surface area contributed by atoms with Crippen LogP contribution in [0.4, 0.5) is 4.39 Å². The number of alkyl halides is 1. The Kier molecular flexibility index (Phi) is 4.34. The van der Waals surface area contributed by atoms with Crippen molar-refractivity contribution in [1.29, 1.82) is 0 Å². The monoisotopic (exact) mass is 230 g/mol. The molecule has 16 heavy (non-hydrogen) atoms. The van der Waals surface area contributed by atoms with Crippen molar-refractivity contribution in [3.63, 3.8) is 0 Å². The zero-order valence-corrected chi connectivity index (χ0v) is 10.5. The van der Waals surface area contributed by atoms with Crippen LogP contribution in [0, 0.1) is 17.3 Å². The zero-order chi connectivity index (χ0) is 12.3. The molecule has 0 amide bonds. The van der Waals surface area contributed by atoms with Crippen LogP contribution >= 0.6 is 0 Å². The van der Waals surface area contributed by atoms with Crippen LogP contribution in [-0.4, -0.2) is 17.2 Å². The topological polar surface area (TPSA) is 37.3 Å². The van der Waals surface area contributed by atoms with Crippen LogP contribution in [0.2, 0.25) is 0 Å². The van der Waals surface area contributed by atoms with Crippen molar-refractivity contribution in [1.82, 2.24) is 0 Å². The molecule has 0 aliphatic heterocycles. The standard InChI is InChI=1S/C13H23FO2/c1-13(2,3)10-6-4-9(5-7-10)8-11(14)12(15)16/h9-11H,4-8H2,1-3H3,(H,15,16). The summed E-state index contributed by atoms with van der Waals surface area (Å²) in [6, 6.07) is 0. The van der Waals surface area contributed by atoms with E-state index in [1.165, 1.54) is 0 Å². The highest BCUT2D eigenvalue weighted by Crippen LogP contribution is 2.41. The zero-order valence-electron chi connectivity index (χ0n) is 10.5. The fourth-order valence-electron chi connectivity index (χ4n) is 2.66. The molecule has 1 unspecified atom stereocenters. The largest absolute Gasteiger partial charge is 0.479 e. The Morgan fingerprint density at radius 1 is 1.31 bits per heavy atom. The number of hydrogen-bond donors (Lipinski definition) is 1. The van der Waals surface area contributed by atoms with E-state index in [-0.39, 0.29) is 12.3 Å². The Bertz CT molecular complexity index is 237. The fourth-order valence-corrected chi connectivity index (χ4v) is 2.66. The normalized spacial score (nSPS) is 28.8. The van der Waals surface area contributed by atoms with E-state index >= 15 is 0 Å². The number of aliphatic carboxylic acids is 1. The first-order valence-corrected chi connectivity index (χ1v) is 6.17. The molecule has 0 radical (unpaired) electrons. The van der Waals surface area contributed by atoms with Crippen molar-refractivity contribution >= 4 is 5.97 Å². The van der Waals surface area contributed by atoms with Gasteiger partial charge in [-0.2, -0.15) is 0 Å². The van der Waals surface area contributed by atoms with Gasteiger partial charge in [-0.05, 0) is 36.5 Å². The van der Waals surface area contributed by atoms with Gasteiger partial charge in [0.05, 0.1) is 0 Å². The number of rotatable bonds is 3. The van der Waals surface area contributed by atoms with Gasteiger partial charge >= 0.3 is 5.97 Å². The second kappa shape index (κ2) is 5.15. The summed E-state index contributed by atoms with van der Waals surface area (Å²) < 4.78 is 13.0. The van der Waals surface area contributed by atoms with Gasteiger partial charge in [0.15, 0.2) is 6.17 Å². The van der Waals surface area contributed by atoms with Crippen molar-refractivity contribution in [2.75, 3.05) is 0 Å². The van der Waals surface area contributed by atoms with Crippen molar-refractivity contribution in [2.24, 2.45) is 17.3 Å². The van der Waals surface area contributed by atoms with Crippen molar-refractivity contribution < 1.29 is 14.3 Å². The highest BCUT2D eigenvalue weighted by atomic mass is 19.1. The minimum Gasteiger partial charge on any atom is -0.479 e. The predicted octanol–water partition coefficient (Wildman–Crippen LogP) is 3.65. The average molecular weight is 230 g/mol. The first-order valence-electron chi connectivity index (χ1n) is 6.17. The third-order valence-electron chi connectivity index (χ3n) is 3.88. The molecule has 1 aliphatic carbocycles. The molecular weight excluding hydrogens is 207 g/mol. The molecule has 1 atom stereocenters. The first-order chi connectivity index (χ1) is 7.30. The quantitative estimate of drug-likeness (QED) is 0.803. The van der Waals surface area contributed by atoms with Gasteiger partial charge in [0.25, 0.3) is 0 Å². The van der Waals surface area contributed by atoms with Crippen LogP contribution in [0.15, 0.2) is 0 Å². The van der Waals surface area contributed by atoms with Gasteiger partial charge in [-0.1, -0.05) is 33.6 Å². The molecule has 0 aromatic rings. The Labute approximate surface area is 97.2 Å². The van der Waals surface area contributed by atoms with E-state index in [9.17, 15) is 9.18 Å². The molecule has 3 heteroatoms. The van der Waals surface area contributed by atoms with E-state index in [0.29, 0.717) is 11.3 Å². The summed E-state index contributed by atoms with van der Waals surface area (Å²) in [5.74, 6) is -0.339. The number of carboxylic acids is 1. The SMILES string of the molecule is CC(C)(C)C1CCC(CC(F)C(=O)O)CC1. The van der Waals surface area contributed by atoms with Crippen LogP contribution in [0.25, 0.3) is 0 Å². The summed E-state index contributed by atoms with van der Waals surface area (Å²) in [5.41, 5.74) is 0.326. The van der Waals surface area contributed by atoms with Gasteiger partial charge < -0.3 is 5.11 Å². The summed E-state index contributed by atoms with van der Waals surface area (Å²) in [6.07, 6.45) is 2.72. The van der Waals surface area contributed by atoms with Gasteiger partial charge in [-0.3, -0.25) is 0 Å². The van der Waals surface area contributed by atoms with Gasteiger partial charge in [0.1, 0.15) is 0 Å². The Morgan fingerprint density at radius 3 is 2.19 bits per heavy atom. The Morgan fingerprint density at radius 2 is 1.81 bits per heavy atom. The highest BCUT2D eigenvalue weighted by Gasteiger charge is 2.31. The van der Waals surface area contributed by atoms with Crippen LogP contribution in [0.3, 0.4) is 0 Å². The second-order valence-electron chi connectivity index (χ2n) is 6.13. The first kappa shape index (κ1) is 13.5. The molecule has 2 nitrogen and oxygen atoms in total. The lowest BCUT2D eigenvalue weighted by atomic mass is 9.69. The molecule has 1 aliphatic rings. The van der Waals surface area contributed by atoms with E-state index in [1.54, 1.807) is 0 Å². The summed E-state index contributed by atoms with van der Waals surface area (Å²) in [5, 5.41) is 8.52. The van der Waals surface area contributed by atoms with Crippen molar-refractivity contribution in [3.05, 3.63) is 0 Å². The van der Waals surface area contributed by atoms with Crippen LogP contribution in [-0.2, 0) is 4.79 Å². The number of halogens is 1. The molecule has 1 saturated carbocycles. The van der Waals surface area contributed by atoms with Crippen LogP contribution in [0.1, 0.15) is 52.9 Å². The maximum atomic E-state index is 13.0. The molecule has 0 aromatic carbocycles. The molecule has 94 valence electrons. The molecule has 0 spiro atoms. The number of carbonyl (C=O) groups is 1. The van der Waals surface area contributed by atoms with E-state index < -0.39 is 12.1 Å². The highest BCUT2D eigenvalue weighted by molar-refractivity contribution is 5.71. The predicted molar refractivity (Wildman–Crippen MR) is 62.1 cm³/mol.